The molecule has 39 heavy (non-hydrogen) atoms. The topological polar surface area (TPSA) is 71.0 Å². The van der Waals surface area contributed by atoms with Gasteiger partial charge in [-0.3, -0.25) is 4.79 Å². The van der Waals surface area contributed by atoms with Gasteiger partial charge in [-0.2, -0.15) is 0 Å². The van der Waals surface area contributed by atoms with Crippen molar-refractivity contribution in [3.63, 3.8) is 0 Å². The van der Waals surface area contributed by atoms with Crippen molar-refractivity contribution in [2.45, 2.75) is 28.5 Å². The summed E-state index contributed by atoms with van der Waals surface area (Å²) in [6.07, 6.45) is 4.90. The number of carbonyl (C=O) groups excluding carboxylic acids is 1. The van der Waals surface area contributed by atoms with Crippen LogP contribution in [0, 0.1) is 12.7 Å². The zero-order chi connectivity index (χ0) is 26.8. The standard InChI is InChI=1S/C30H24FN5OS2/c1-19-11-13-32-25(15-19)35-30-34-16-26(39-30)38-24-12-14-33-28(27(24)31)29(37)36-17-21-9-5-6-10-22(21)23(18-36)20-7-3-2-4-8-20/h2-16,23H,17-18H2,1H3,(H,32,34,35). The van der Waals surface area contributed by atoms with Crippen LogP contribution in [0.1, 0.15) is 38.7 Å². The Morgan fingerprint density at radius 2 is 1.82 bits per heavy atom. The molecule has 1 amide bonds. The van der Waals surface area contributed by atoms with E-state index >= 15 is 4.39 Å². The van der Waals surface area contributed by atoms with Crippen LogP contribution in [0.15, 0.2) is 100 Å². The zero-order valence-electron chi connectivity index (χ0n) is 21.0. The summed E-state index contributed by atoms with van der Waals surface area (Å²) in [5.74, 6) is -0.332. The molecule has 6 rings (SSSR count). The molecule has 1 atom stereocenters. The fourth-order valence-corrected chi connectivity index (χ4v) is 6.59. The van der Waals surface area contributed by atoms with E-state index < -0.39 is 11.7 Å². The average Bonchev–Trinajstić information content (AvgIpc) is 3.40. The largest absolute Gasteiger partial charge is 0.332 e. The highest BCUT2D eigenvalue weighted by Crippen LogP contribution is 2.38. The lowest BCUT2D eigenvalue weighted by molar-refractivity contribution is 0.0713. The van der Waals surface area contributed by atoms with Crippen molar-refractivity contribution in [2.75, 3.05) is 11.9 Å². The maximum Gasteiger partial charge on any atom is 0.275 e. The molecule has 0 aliphatic carbocycles. The predicted octanol–water partition coefficient (Wildman–Crippen LogP) is 7.06. The van der Waals surface area contributed by atoms with Crippen molar-refractivity contribution in [2.24, 2.45) is 0 Å². The van der Waals surface area contributed by atoms with Crippen molar-refractivity contribution < 1.29 is 9.18 Å². The van der Waals surface area contributed by atoms with Gasteiger partial charge in [0, 0.05) is 31.4 Å². The van der Waals surface area contributed by atoms with E-state index in [9.17, 15) is 4.79 Å². The molecule has 1 N–H and O–H groups in total. The molecular formula is C30H24FN5OS2. The molecule has 6 nitrogen and oxygen atoms in total. The number of amides is 1. The Kier molecular flexibility index (Phi) is 7.08. The molecule has 1 aliphatic rings. The van der Waals surface area contributed by atoms with E-state index in [1.54, 1.807) is 23.4 Å². The normalized spacial score (nSPS) is 14.6. The third-order valence-electron chi connectivity index (χ3n) is 6.59. The van der Waals surface area contributed by atoms with Crippen LogP contribution in [0.4, 0.5) is 15.3 Å². The lowest BCUT2D eigenvalue weighted by Crippen LogP contribution is -2.39. The van der Waals surface area contributed by atoms with Gasteiger partial charge in [-0.1, -0.05) is 77.7 Å². The van der Waals surface area contributed by atoms with Crippen LogP contribution in [0.25, 0.3) is 0 Å². The summed E-state index contributed by atoms with van der Waals surface area (Å²) in [5.41, 5.74) is 4.29. The van der Waals surface area contributed by atoms with Gasteiger partial charge in [0.05, 0.1) is 15.3 Å². The second-order valence-electron chi connectivity index (χ2n) is 9.25. The Balaban J connectivity index is 1.22. The Morgan fingerprint density at radius 1 is 1.03 bits per heavy atom. The van der Waals surface area contributed by atoms with E-state index in [1.165, 1.54) is 34.9 Å². The van der Waals surface area contributed by atoms with Gasteiger partial charge in [0.2, 0.25) is 0 Å². The van der Waals surface area contributed by atoms with Gasteiger partial charge in [-0.25, -0.2) is 19.3 Å². The van der Waals surface area contributed by atoms with E-state index in [0.717, 1.165) is 20.9 Å². The van der Waals surface area contributed by atoms with Gasteiger partial charge in [0.25, 0.3) is 5.91 Å². The number of rotatable bonds is 6. The molecule has 0 bridgehead atoms. The Hall–Kier alpha value is -4.08. The molecule has 3 aromatic heterocycles. The lowest BCUT2D eigenvalue weighted by Gasteiger charge is -2.35. The summed E-state index contributed by atoms with van der Waals surface area (Å²) in [7, 11) is 0. The number of aryl methyl sites for hydroxylation is 1. The molecule has 0 saturated heterocycles. The van der Waals surface area contributed by atoms with Crippen LogP contribution in [-0.4, -0.2) is 32.3 Å². The van der Waals surface area contributed by atoms with Crippen molar-refractivity contribution in [3.8, 4) is 0 Å². The summed E-state index contributed by atoms with van der Waals surface area (Å²) >= 11 is 2.61. The number of hydrogen-bond donors (Lipinski definition) is 1. The van der Waals surface area contributed by atoms with E-state index in [2.05, 4.69) is 38.5 Å². The maximum absolute atomic E-state index is 15.7. The number of fused-ring (bicyclic) bond motifs is 1. The first-order valence-corrected chi connectivity index (χ1v) is 14.1. The molecule has 194 valence electrons. The van der Waals surface area contributed by atoms with Gasteiger partial charge in [-0.15, -0.1) is 0 Å². The first-order valence-electron chi connectivity index (χ1n) is 12.4. The molecule has 4 heterocycles. The first kappa shape index (κ1) is 25.2. The van der Waals surface area contributed by atoms with Gasteiger partial charge in [0.1, 0.15) is 5.82 Å². The number of halogens is 1. The number of pyridine rings is 2. The molecule has 1 aliphatic heterocycles. The molecule has 0 fully saturated rings. The third kappa shape index (κ3) is 5.41. The minimum Gasteiger partial charge on any atom is -0.332 e. The van der Waals surface area contributed by atoms with Crippen LogP contribution in [0.3, 0.4) is 0 Å². The first-order chi connectivity index (χ1) is 19.0. The van der Waals surface area contributed by atoms with Crippen LogP contribution in [-0.2, 0) is 6.54 Å². The monoisotopic (exact) mass is 553 g/mol. The quantitative estimate of drug-likeness (QED) is 0.243. The van der Waals surface area contributed by atoms with E-state index in [1.807, 2.05) is 55.5 Å². The molecule has 2 aromatic carbocycles. The molecule has 1 unspecified atom stereocenters. The number of anilines is 2. The second-order valence-corrected chi connectivity index (χ2v) is 11.6. The number of benzene rings is 2. The highest BCUT2D eigenvalue weighted by Gasteiger charge is 2.31. The van der Waals surface area contributed by atoms with Crippen molar-refractivity contribution in [3.05, 3.63) is 125 Å². The van der Waals surface area contributed by atoms with E-state index in [0.29, 0.717) is 28.9 Å². The van der Waals surface area contributed by atoms with Crippen molar-refractivity contribution >= 4 is 40.0 Å². The third-order valence-corrected chi connectivity index (χ3v) is 8.63. The number of aromatic nitrogens is 3. The summed E-state index contributed by atoms with van der Waals surface area (Å²) in [5, 5.41) is 3.83. The number of thiazole rings is 1. The van der Waals surface area contributed by atoms with Crippen LogP contribution < -0.4 is 5.32 Å². The molecule has 0 radical (unpaired) electrons. The molecule has 9 heteroatoms. The summed E-state index contributed by atoms with van der Waals surface area (Å²) in [4.78, 5) is 28.5. The maximum atomic E-state index is 15.7. The highest BCUT2D eigenvalue weighted by atomic mass is 32.2. The number of nitrogens with zero attached hydrogens (tertiary/aromatic N) is 4. The molecule has 0 spiro atoms. The summed E-state index contributed by atoms with van der Waals surface area (Å²) in [6.45, 7) is 2.86. The highest BCUT2D eigenvalue weighted by molar-refractivity contribution is 8.01. The number of carbonyl (C=O) groups is 1. The number of hydrogen-bond acceptors (Lipinski definition) is 7. The van der Waals surface area contributed by atoms with Crippen LogP contribution in [0.2, 0.25) is 0 Å². The van der Waals surface area contributed by atoms with Crippen LogP contribution in [0.5, 0.6) is 0 Å². The fourth-order valence-electron chi connectivity index (χ4n) is 4.72. The molecule has 0 saturated carbocycles. The van der Waals surface area contributed by atoms with E-state index in [4.69, 9.17) is 0 Å². The Bertz CT molecular complexity index is 1640. The lowest BCUT2D eigenvalue weighted by atomic mass is 9.84. The smallest absolute Gasteiger partial charge is 0.275 e. The van der Waals surface area contributed by atoms with Gasteiger partial charge in [-0.05, 0) is 47.4 Å². The minimum absolute atomic E-state index is 0.00623. The van der Waals surface area contributed by atoms with Crippen molar-refractivity contribution in [1.82, 2.24) is 19.9 Å². The van der Waals surface area contributed by atoms with Crippen molar-refractivity contribution in [1.29, 1.82) is 0 Å². The molecule has 5 aromatic rings. The summed E-state index contributed by atoms with van der Waals surface area (Å²) in [6, 6.07) is 23.7. The zero-order valence-corrected chi connectivity index (χ0v) is 22.7. The number of nitrogens with one attached hydrogen (secondary N) is 1. The summed E-state index contributed by atoms with van der Waals surface area (Å²) < 4.78 is 16.5. The van der Waals surface area contributed by atoms with Gasteiger partial charge in [0.15, 0.2) is 16.6 Å². The van der Waals surface area contributed by atoms with Crippen LogP contribution >= 0.6 is 23.1 Å². The second kappa shape index (κ2) is 11.0. The Morgan fingerprint density at radius 3 is 2.67 bits per heavy atom. The average molecular weight is 554 g/mol. The van der Waals surface area contributed by atoms with E-state index in [-0.39, 0.29) is 11.6 Å². The SMILES string of the molecule is Cc1ccnc(Nc2ncc(Sc3ccnc(C(=O)N4Cc5ccccc5C(c5ccccc5)C4)c3F)s2)c1. The van der Waals surface area contributed by atoms with Gasteiger partial charge >= 0.3 is 0 Å². The minimum atomic E-state index is -0.620. The fraction of sp³-hybridized carbons (Fsp3) is 0.133. The molecular weight excluding hydrogens is 529 g/mol. The predicted molar refractivity (Wildman–Crippen MR) is 152 cm³/mol. The van der Waals surface area contributed by atoms with Gasteiger partial charge < -0.3 is 10.2 Å². The Labute approximate surface area is 234 Å².